The SMILES string of the molecule is Cc1ccc(C(=O)c2cccn2CC=Cc2ccc(COC(C)(C)C(=O)O)cc2)cc1. The normalized spacial score (nSPS) is 11.7. The summed E-state index contributed by atoms with van der Waals surface area (Å²) < 4.78 is 7.40. The van der Waals surface area contributed by atoms with Crippen LogP contribution < -0.4 is 0 Å². The van der Waals surface area contributed by atoms with Crippen molar-refractivity contribution in [1.29, 1.82) is 0 Å². The molecule has 0 bridgehead atoms. The quantitative estimate of drug-likeness (QED) is 0.491. The Morgan fingerprint density at radius 3 is 2.35 bits per heavy atom. The second kappa shape index (κ2) is 9.58. The van der Waals surface area contributed by atoms with Gasteiger partial charge in [-0.2, -0.15) is 0 Å². The van der Waals surface area contributed by atoms with Crippen LogP contribution in [0.2, 0.25) is 0 Å². The lowest BCUT2D eigenvalue weighted by Gasteiger charge is -2.20. The number of allylic oxidation sites excluding steroid dienone is 1. The first-order valence-electron chi connectivity index (χ1n) is 10.2. The number of benzene rings is 2. The maximum Gasteiger partial charge on any atom is 0.335 e. The second-order valence-electron chi connectivity index (χ2n) is 7.99. The summed E-state index contributed by atoms with van der Waals surface area (Å²) in [6, 6.07) is 19.1. The van der Waals surface area contributed by atoms with E-state index in [1.54, 1.807) is 0 Å². The fraction of sp³-hybridized carbons (Fsp3) is 0.231. The number of ketones is 1. The van der Waals surface area contributed by atoms with E-state index in [1.165, 1.54) is 13.8 Å². The maximum absolute atomic E-state index is 12.8. The summed E-state index contributed by atoms with van der Waals surface area (Å²) in [5, 5.41) is 9.11. The van der Waals surface area contributed by atoms with E-state index < -0.39 is 11.6 Å². The van der Waals surface area contributed by atoms with E-state index in [4.69, 9.17) is 9.84 Å². The minimum atomic E-state index is -1.22. The molecule has 3 rings (SSSR count). The van der Waals surface area contributed by atoms with Crippen LogP contribution in [0, 0.1) is 6.92 Å². The molecule has 0 saturated carbocycles. The molecule has 1 heterocycles. The molecule has 0 aliphatic heterocycles. The first-order chi connectivity index (χ1) is 14.8. The molecule has 0 spiro atoms. The van der Waals surface area contributed by atoms with E-state index >= 15 is 0 Å². The first kappa shape index (κ1) is 22.2. The Bertz CT molecular complexity index is 1070. The van der Waals surface area contributed by atoms with E-state index in [1.807, 2.05) is 90.5 Å². The average Bonchev–Trinajstić information content (AvgIpc) is 3.21. The number of carboxylic acid groups (broad SMARTS) is 1. The fourth-order valence-electron chi connectivity index (χ4n) is 2.99. The molecule has 1 aromatic heterocycles. The number of nitrogens with zero attached hydrogens (tertiary/aromatic N) is 1. The van der Waals surface area contributed by atoms with Gasteiger partial charge >= 0.3 is 5.97 Å². The standard InChI is InChI=1S/C26H27NO4/c1-19-8-14-22(15-9-19)24(28)23-7-5-17-27(23)16-4-6-20-10-12-21(13-11-20)18-31-26(2,3)25(29)30/h4-15,17H,16,18H2,1-3H3,(H,29,30). The molecule has 0 unspecified atom stereocenters. The zero-order valence-electron chi connectivity index (χ0n) is 18.0. The summed E-state index contributed by atoms with van der Waals surface area (Å²) in [7, 11) is 0. The van der Waals surface area contributed by atoms with Gasteiger partial charge in [0.2, 0.25) is 5.78 Å². The number of ether oxygens (including phenoxy) is 1. The third kappa shape index (κ3) is 5.80. The van der Waals surface area contributed by atoms with Crippen LogP contribution >= 0.6 is 0 Å². The minimum Gasteiger partial charge on any atom is -0.479 e. The van der Waals surface area contributed by atoms with Gasteiger partial charge in [-0.05, 0) is 44.0 Å². The molecule has 0 radical (unpaired) electrons. The van der Waals surface area contributed by atoms with Gasteiger partial charge in [-0.15, -0.1) is 0 Å². The summed E-state index contributed by atoms with van der Waals surface area (Å²) in [5.41, 5.74) is 3.16. The van der Waals surface area contributed by atoms with Crippen molar-refractivity contribution >= 4 is 17.8 Å². The van der Waals surface area contributed by atoms with Gasteiger partial charge in [0.15, 0.2) is 5.60 Å². The molecule has 160 valence electrons. The van der Waals surface area contributed by atoms with Crippen molar-refractivity contribution < 1.29 is 19.4 Å². The van der Waals surface area contributed by atoms with Crippen LogP contribution in [-0.4, -0.2) is 27.0 Å². The third-order valence-electron chi connectivity index (χ3n) is 5.08. The molecule has 0 fully saturated rings. The summed E-state index contributed by atoms with van der Waals surface area (Å²) in [6.07, 6.45) is 5.90. The summed E-state index contributed by atoms with van der Waals surface area (Å²) >= 11 is 0. The third-order valence-corrected chi connectivity index (χ3v) is 5.08. The van der Waals surface area contributed by atoms with Gasteiger partial charge in [0.1, 0.15) is 0 Å². The Morgan fingerprint density at radius 1 is 1.03 bits per heavy atom. The molecule has 3 aromatic rings. The molecule has 0 aliphatic carbocycles. The van der Waals surface area contributed by atoms with Crippen LogP contribution in [-0.2, 0) is 22.7 Å². The molecule has 2 aromatic carbocycles. The summed E-state index contributed by atoms with van der Waals surface area (Å²) in [4.78, 5) is 23.9. The van der Waals surface area contributed by atoms with E-state index in [2.05, 4.69) is 0 Å². The zero-order valence-corrected chi connectivity index (χ0v) is 18.0. The minimum absolute atomic E-state index is 0.00652. The van der Waals surface area contributed by atoms with Crippen LogP contribution in [0.4, 0.5) is 0 Å². The molecule has 0 aliphatic rings. The van der Waals surface area contributed by atoms with E-state index in [9.17, 15) is 9.59 Å². The predicted octanol–water partition coefficient (Wildman–Crippen LogP) is 5.12. The van der Waals surface area contributed by atoms with Crippen LogP contribution in [0.5, 0.6) is 0 Å². The molecule has 5 heteroatoms. The van der Waals surface area contributed by atoms with Crippen molar-refractivity contribution in [3.63, 3.8) is 0 Å². The highest BCUT2D eigenvalue weighted by Gasteiger charge is 2.27. The van der Waals surface area contributed by atoms with Crippen LogP contribution in [0.25, 0.3) is 6.08 Å². The van der Waals surface area contributed by atoms with Crippen molar-refractivity contribution in [2.24, 2.45) is 0 Å². The van der Waals surface area contributed by atoms with Crippen molar-refractivity contribution in [3.8, 4) is 0 Å². The van der Waals surface area contributed by atoms with E-state index in [0.29, 0.717) is 17.8 Å². The Balaban J connectivity index is 1.60. The van der Waals surface area contributed by atoms with E-state index in [0.717, 1.165) is 16.7 Å². The topological polar surface area (TPSA) is 68.5 Å². The van der Waals surface area contributed by atoms with Crippen LogP contribution in [0.3, 0.4) is 0 Å². The number of carbonyl (C=O) groups is 2. The number of aryl methyl sites for hydroxylation is 1. The van der Waals surface area contributed by atoms with Gasteiger partial charge in [0, 0.05) is 18.3 Å². The molecule has 0 atom stereocenters. The monoisotopic (exact) mass is 417 g/mol. The summed E-state index contributed by atoms with van der Waals surface area (Å²) in [6.45, 7) is 5.88. The van der Waals surface area contributed by atoms with Crippen LogP contribution in [0.15, 0.2) is 72.9 Å². The highest BCUT2D eigenvalue weighted by molar-refractivity contribution is 6.08. The maximum atomic E-state index is 12.8. The molecule has 0 amide bonds. The number of hydrogen-bond donors (Lipinski definition) is 1. The van der Waals surface area contributed by atoms with Crippen molar-refractivity contribution in [2.45, 2.75) is 39.5 Å². The molecular weight excluding hydrogens is 390 g/mol. The Hall–Kier alpha value is -3.44. The highest BCUT2D eigenvalue weighted by Crippen LogP contribution is 2.15. The number of aromatic nitrogens is 1. The molecule has 1 N–H and O–H groups in total. The average molecular weight is 418 g/mol. The van der Waals surface area contributed by atoms with Gasteiger partial charge in [0.25, 0.3) is 0 Å². The molecule has 0 saturated heterocycles. The lowest BCUT2D eigenvalue weighted by atomic mass is 10.1. The van der Waals surface area contributed by atoms with Gasteiger partial charge in [-0.3, -0.25) is 4.79 Å². The number of hydrogen-bond acceptors (Lipinski definition) is 3. The Kier molecular flexibility index (Phi) is 6.88. The van der Waals surface area contributed by atoms with Gasteiger partial charge in [-0.1, -0.05) is 66.2 Å². The van der Waals surface area contributed by atoms with Gasteiger partial charge < -0.3 is 14.4 Å². The molecule has 5 nitrogen and oxygen atoms in total. The smallest absolute Gasteiger partial charge is 0.335 e. The van der Waals surface area contributed by atoms with Crippen molar-refractivity contribution in [1.82, 2.24) is 4.57 Å². The number of carboxylic acids is 1. The number of rotatable bonds is 9. The van der Waals surface area contributed by atoms with Crippen molar-refractivity contribution in [2.75, 3.05) is 0 Å². The largest absolute Gasteiger partial charge is 0.479 e. The van der Waals surface area contributed by atoms with Gasteiger partial charge in [0.05, 0.1) is 12.3 Å². The second-order valence-corrected chi connectivity index (χ2v) is 7.99. The summed E-state index contributed by atoms with van der Waals surface area (Å²) in [5.74, 6) is -0.982. The van der Waals surface area contributed by atoms with Crippen molar-refractivity contribution in [3.05, 3.63) is 101 Å². The first-order valence-corrected chi connectivity index (χ1v) is 10.2. The number of aliphatic carboxylic acids is 1. The van der Waals surface area contributed by atoms with Crippen LogP contribution in [0.1, 0.15) is 46.6 Å². The van der Waals surface area contributed by atoms with Gasteiger partial charge in [-0.25, -0.2) is 4.79 Å². The lowest BCUT2D eigenvalue weighted by molar-refractivity contribution is -0.162. The highest BCUT2D eigenvalue weighted by atomic mass is 16.5. The predicted molar refractivity (Wildman–Crippen MR) is 121 cm³/mol. The molecular formula is C26H27NO4. The Labute approximate surface area is 182 Å². The Morgan fingerprint density at radius 2 is 1.71 bits per heavy atom. The lowest BCUT2D eigenvalue weighted by Crippen LogP contribution is -2.34. The zero-order chi connectivity index (χ0) is 22.4. The number of carbonyl (C=O) groups excluding carboxylic acids is 1. The van der Waals surface area contributed by atoms with E-state index in [-0.39, 0.29) is 12.4 Å². The molecule has 31 heavy (non-hydrogen) atoms. The fourth-order valence-corrected chi connectivity index (χ4v) is 2.99.